The van der Waals surface area contributed by atoms with Crippen LogP contribution in [0.1, 0.15) is 22.3 Å². The van der Waals surface area contributed by atoms with Gasteiger partial charge in [-0.15, -0.1) is 0 Å². The van der Waals surface area contributed by atoms with Crippen molar-refractivity contribution in [1.82, 2.24) is 9.80 Å². The van der Waals surface area contributed by atoms with Gasteiger partial charge in [-0.2, -0.15) is 30.6 Å². The lowest BCUT2D eigenvalue weighted by molar-refractivity contribution is -0.138. The van der Waals surface area contributed by atoms with Gasteiger partial charge in [-0.25, -0.2) is 4.21 Å². The first kappa shape index (κ1) is 42.1. The summed E-state index contributed by atoms with van der Waals surface area (Å²) < 4.78 is 103. The molecule has 4 aromatic carbocycles. The Balaban J connectivity index is 0.000000280. The highest BCUT2D eigenvalue weighted by molar-refractivity contribution is 7.79. The quantitative estimate of drug-likeness (QED) is 0.0978. The highest BCUT2D eigenvalue weighted by Gasteiger charge is 2.31. The molecule has 4 aromatic rings. The molecule has 0 aromatic heterocycles. The number of benzene rings is 4. The SMILES string of the molecule is CN(C)Cc1cc(N(C)CCO)ccc1Oc1ccc(C(F)(F)F)cc1.CN(C)Cc1cc(NOS(C)=O)ccc1Oc1ccc(C(F)(F)F)cc1. The number of aliphatic hydroxyl groups is 1. The van der Waals surface area contributed by atoms with Crippen molar-refractivity contribution in [3.05, 3.63) is 107 Å². The van der Waals surface area contributed by atoms with Gasteiger partial charge in [-0.3, -0.25) is 5.48 Å². The number of aliphatic hydroxyl groups excluding tert-OH is 1. The lowest BCUT2D eigenvalue weighted by atomic mass is 10.1. The van der Waals surface area contributed by atoms with Crippen LogP contribution in [0, 0.1) is 0 Å². The minimum Gasteiger partial charge on any atom is -0.457 e. The molecular formula is C36H42F6N4O5S. The number of nitrogens with one attached hydrogen (secondary N) is 1. The van der Waals surface area contributed by atoms with Crippen LogP contribution < -0.4 is 19.9 Å². The van der Waals surface area contributed by atoms with Gasteiger partial charge in [0.15, 0.2) is 11.1 Å². The Morgan fingerprint density at radius 1 is 0.673 bits per heavy atom. The van der Waals surface area contributed by atoms with E-state index in [2.05, 4.69) is 5.48 Å². The van der Waals surface area contributed by atoms with Gasteiger partial charge in [0, 0.05) is 49.8 Å². The lowest BCUT2D eigenvalue weighted by Gasteiger charge is -2.21. The molecule has 0 fully saturated rings. The molecule has 0 bridgehead atoms. The predicted molar refractivity (Wildman–Crippen MR) is 190 cm³/mol. The molecule has 2 N–H and O–H groups in total. The molecule has 1 unspecified atom stereocenters. The lowest BCUT2D eigenvalue weighted by Crippen LogP contribution is -2.21. The van der Waals surface area contributed by atoms with Gasteiger partial charge in [0.1, 0.15) is 23.0 Å². The summed E-state index contributed by atoms with van der Waals surface area (Å²) in [6.07, 6.45) is -7.37. The van der Waals surface area contributed by atoms with Gasteiger partial charge in [-0.05, 0) is 113 Å². The van der Waals surface area contributed by atoms with Crippen molar-refractivity contribution in [3.63, 3.8) is 0 Å². The van der Waals surface area contributed by atoms with Crippen LogP contribution in [-0.2, 0) is 40.8 Å². The Morgan fingerprint density at radius 3 is 1.52 bits per heavy atom. The standard InChI is InChI=1S/C19H23F3N2O2.C17H19F3N2O3S/c1-23(2)13-14-12-16(24(3)10-11-25)6-9-18(14)26-17-7-4-15(5-8-17)19(20,21)22;1-22(2)11-12-10-14(21-25-26(3)23)6-9-16(12)24-15-7-4-13(5-8-15)17(18,19)20/h4-9,12,25H,10-11,13H2,1-3H3;4-10,21H,11H2,1-3H3. The number of hydrogen-bond acceptors (Lipinski definition) is 9. The highest BCUT2D eigenvalue weighted by Crippen LogP contribution is 2.35. The number of nitrogens with zero attached hydrogens (tertiary/aromatic N) is 3. The zero-order chi connectivity index (χ0) is 38.6. The van der Waals surface area contributed by atoms with E-state index in [4.69, 9.17) is 18.9 Å². The number of rotatable bonds is 14. The Kier molecular flexibility index (Phi) is 15.3. The predicted octanol–water partition coefficient (Wildman–Crippen LogP) is 8.18. The van der Waals surface area contributed by atoms with Crippen molar-refractivity contribution >= 4 is 22.5 Å². The fraction of sp³-hybridized carbons (Fsp3) is 0.333. The van der Waals surface area contributed by atoms with Crippen LogP contribution in [0.3, 0.4) is 0 Å². The van der Waals surface area contributed by atoms with E-state index in [1.165, 1.54) is 30.5 Å². The van der Waals surface area contributed by atoms with Crippen molar-refractivity contribution in [2.45, 2.75) is 25.4 Å². The van der Waals surface area contributed by atoms with Crippen LogP contribution in [0.2, 0.25) is 0 Å². The maximum atomic E-state index is 12.7. The van der Waals surface area contributed by atoms with E-state index in [0.29, 0.717) is 48.3 Å². The molecule has 9 nitrogen and oxygen atoms in total. The maximum Gasteiger partial charge on any atom is 0.416 e. The van der Waals surface area contributed by atoms with Gasteiger partial charge in [0.2, 0.25) is 0 Å². The fourth-order valence-electron chi connectivity index (χ4n) is 4.64. The number of likely N-dealkylation sites (N-methyl/N-ethyl adjacent to an activating group) is 1. The normalized spacial score (nSPS) is 12.3. The molecule has 0 saturated heterocycles. The first-order valence-electron chi connectivity index (χ1n) is 15.7. The van der Waals surface area contributed by atoms with Crippen LogP contribution in [0.4, 0.5) is 37.7 Å². The van der Waals surface area contributed by atoms with Crippen molar-refractivity contribution in [3.8, 4) is 23.0 Å². The molecule has 1 atom stereocenters. The first-order valence-corrected chi connectivity index (χ1v) is 17.2. The molecule has 4 rings (SSSR count). The van der Waals surface area contributed by atoms with Gasteiger partial charge in [0.05, 0.1) is 23.4 Å². The second-order valence-electron chi connectivity index (χ2n) is 12.1. The number of halogens is 6. The number of ether oxygens (including phenoxy) is 2. The topological polar surface area (TPSA) is 86.7 Å². The van der Waals surface area contributed by atoms with Crippen molar-refractivity contribution in [2.75, 3.05) is 65.0 Å². The van der Waals surface area contributed by atoms with Gasteiger partial charge in [0.25, 0.3) is 0 Å². The molecule has 52 heavy (non-hydrogen) atoms. The van der Waals surface area contributed by atoms with E-state index in [1.54, 1.807) is 24.3 Å². The molecule has 0 saturated carbocycles. The van der Waals surface area contributed by atoms with Gasteiger partial charge < -0.3 is 29.3 Å². The van der Waals surface area contributed by atoms with Crippen molar-refractivity contribution < 1.29 is 49.4 Å². The van der Waals surface area contributed by atoms with E-state index < -0.39 is 34.6 Å². The fourth-order valence-corrected chi connectivity index (χ4v) is 4.85. The maximum absolute atomic E-state index is 12.7. The van der Waals surface area contributed by atoms with Crippen molar-refractivity contribution in [2.24, 2.45) is 0 Å². The van der Waals surface area contributed by atoms with Crippen LogP contribution in [0.15, 0.2) is 84.9 Å². The number of anilines is 2. The van der Waals surface area contributed by atoms with Crippen molar-refractivity contribution in [1.29, 1.82) is 0 Å². The van der Waals surface area contributed by atoms with Crippen LogP contribution in [-0.4, -0.2) is 73.8 Å². The summed E-state index contributed by atoms with van der Waals surface area (Å²) in [7, 11) is 9.47. The Morgan fingerprint density at radius 2 is 1.12 bits per heavy atom. The van der Waals surface area contributed by atoms with E-state index in [9.17, 15) is 30.6 Å². The van der Waals surface area contributed by atoms with Gasteiger partial charge in [-0.1, -0.05) is 0 Å². The summed E-state index contributed by atoms with van der Waals surface area (Å²) in [5.41, 5.74) is 4.32. The minimum absolute atomic E-state index is 0.0450. The van der Waals surface area contributed by atoms with Crippen LogP contribution in [0.25, 0.3) is 0 Å². The van der Waals surface area contributed by atoms with Crippen LogP contribution >= 0.6 is 0 Å². The molecular weight excluding hydrogens is 714 g/mol. The smallest absolute Gasteiger partial charge is 0.416 e. The molecule has 0 aliphatic heterocycles. The Labute approximate surface area is 301 Å². The summed E-state index contributed by atoms with van der Waals surface area (Å²) in [4.78, 5) is 5.81. The summed E-state index contributed by atoms with van der Waals surface area (Å²) >= 11 is -1.47. The van der Waals surface area contributed by atoms with Crippen LogP contribution in [0.5, 0.6) is 23.0 Å². The zero-order valence-electron chi connectivity index (χ0n) is 29.5. The Hall–Kier alpha value is -4.35. The monoisotopic (exact) mass is 756 g/mol. The molecule has 0 amide bonds. The second kappa shape index (κ2) is 18.9. The van der Waals surface area contributed by atoms with E-state index in [-0.39, 0.29) is 6.61 Å². The molecule has 0 radical (unpaired) electrons. The number of alkyl halides is 6. The van der Waals surface area contributed by atoms with E-state index in [1.807, 2.05) is 62.1 Å². The third kappa shape index (κ3) is 13.7. The average molecular weight is 757 g/mol. The first-order chi connectivity index (χ1) is 24.3. The highest BCUT2D eigenvalue weighted by atomic mass is 32.2. The summed E-state index contributed by atoms with van der Waals surface area (Å²) in [5, 5.41) is 9.09. The third-order valence-electron chi connectivity index (χ3n) is 7.05. The largest absolute Gasteiger partial charge is 0.457 e. The average Bonchev–Trinajstić information content (AvgIpc) is 3.05. The third-order valence-corrected chi connectivity index (χ3v) is 7.37. The molecule has 0 heterocycles. The molecule has 0 aliphatic rings. The van der Waals surface area contributed by atoms with E-state index in [0.717, 1.165) is 41.1 Å². The Bertz CT molecular complexity index is 1740. The van der Waals surface area contributed by atoms with E-state index >= 15 is 0 Å². The summed E-state index contributed by atoms with van der Waals surface area (Å²) in [5.74, 6) is 1.72. The molecule has 0 spiro atoms. The second-order valence-corrected chi connectivity index (χ2v) is 13.0. The summed E-state index contributed by atoms with van der Waals surface area (Å²) in [6, 6.07) is 19.8. The summed E-state index contributed by atoms with van der Waals surface area (Å²) in [6.45, 7) is 1.68. The molecule has 0 aliphatic carbocycles. The minimum atomic E-state index is -4.39. The molecule has 284 valence electrons. The number of hydrogen-bond donors (Lipinski definition) is 2. The molecule has 16 heteroatoms. The van der Waals surface area contributed by atoms with Gasteiger partial charge >= 0.3 is 12.4 Å². The zero-order valence-corrected chi connectivity index (χ0v) is 30.3.